The van der Waals surface area contributed by atoms with Crippen LogP contribution in [0.25, 0.3) is 0 Å². The van der Waals surface area contributed by atoms with Crippen LogP contribution < -0.4 is 15.3 Å². The highest BCUT2D eigenvalue weighted by Gasteiger charge is 2.05. The lowest BCUT2D eigenvalue weighted by atomic mass is 10.1. The summed E-state index contributed by atoms with van der Waals surface area (Å²) in [4.78, 5) is 0. The molecule has 0 saturated heterocycles. The Morgan fingerprint density at radius 2 is 1.90 bits per heavy atom. The summed E-state index contributed by atoms with van der Waals surface area (Å²) in [6, 6.07) is 13.7. The summed E-state index contributed by atoms with van der Waals surface area (Å²) in [5.41, 5.74) is 3.07. The van der Waals surface area contributed by atoms with E-state index < -0.39 is 0 Å². The van der Waals surface area contributed by atoms with Crippen LogP contribution in [0.15, 0.2) is 47.6 Å². The van der Waals surface area contributed by atoms with Crippen LogP contribution in [0.5, 0.6) is 11.5 Å². The van der Waals surface area contributed by atoms with Gasteiger partial charge in [0.25, 0.3) is 0 Å². The van der Waals surface area contributed by atoms with E-state index in [4.69, 9.17) is 15.3 Å². The molecule has 20 heavy (non-hydrogen) atoms. The second kappa shape index (κ2) is 6.61. The number of ether oxygens (including phenoxy) is 2. The average Bonchev–Trinajstić information content (AvgIpc) is 2.47. The van der Waals surface area contributed by atoms with E-state index in [-0.39, 0.29) is 0 Å². The monoisotopic (exact) mass is 270 g/mol. The van der Waals surface area contributed by atoms with E-state index in [0.717, 1.165) is 22.6 Å². The maximum absolute atomic E-state index is 5.77. The van der Waals surface area contributed by atoms with Gasteiger partial charge in [-0.3, -0.25) is 0 Å². The number of rotatable bonds is 5. The van der Waals surface area contributed by atoms with E-state index in [2.05, 4.69) is 5.10 Å². The summed E-state index contributed by atoms with van der Waals surface area (Å²) in [7, 11) is 1.64. The summed E-state index contributed by atoms with van der Waals surface area (Å²) in [5.74, 6) is 6.78. The minimum atomic E-state index is 0.429. The molecule has 104 valence electrons. The first-order valence-corrected chi connectivity index (χ1v) is 6.32. The Bertz CT molecular complexity index is 592. The van der Waals surface area contributed by atoms with Crippen molar-refractivity contribution in [2.75, 3.05) is 7.11 Å². The molecule has 2 aromatic rings. The molecule has 0 bridgehead atoms. The number of aryl methyl sites for hydroxylation is 1. The molecule has 4 heteroatoms. The number of benzene rings is 2. The molecule has 0 aliphatic carbocycles. The van der Waals surface area contributed by atoms with Crippen molar-refractivity contribution in [3.05, 3.63) is 59.2 Å². The average molecular weight is 270 g/mol. The summed E-state index contributed by atoms with van der Waals surface area (Å²) >= 11 is 0. The quantitative estimate of drug-likeness (QED) is 0.516. The molecule has 0 unspecified atom stereocenters. The Labute approximate surface area is 118 Å². The normalized spacial score (nSPS) is 10.7. The maximum Gasteiger partial charge on any atom is 0.125 e. The largest absolute Gasteiger partial charge is 0.496 e. The molecule has 0 aromatic heterocycles. The number of nitrogens with zero attached hydrogens (tertiary/aromatic N) is 1. The molecule has 4 nitrogen and oxygen atoms in total. The van der Waals surface area contributed by atoms with Gasteiger partial charge in [0, 0.05) is 5.56 Å². The van der Waals surface area contributed by atoms with Gasteiger partial charge in [0.05, 0.1) is 13.3 Å². The van der Waals surface area contributed by atoms with Gasteiger partial charge in [0.15, 0.2) is 0 Å². The zero-order valence-corrected chi connectivity index (χ0v) is 11.7. The molecule has 2 aromatic carbocycles. The summed E-state index contributed by atoms with van der Waals surface area (Å²) in [5, 5.41) is 3.52. The Hall–Kier alpha value is -2.49. The van der Waals surface area contributed by atoms with E-state index in [1.54, 1.807) is 13.3 Å². The molecular weight excluding hydrogens is 252 g/mol. The van der Waals surface area contributed by atoms with Crippen molar-refractivity contribution < 1.29 is 9.47 Å². The second-order valence-electron chi connectivity index (χ2n) is 4.45. The first-order valence-electron chi connectivity index (χ1n) is 6.32. The highest BCUT2D eigenvalue weighted by atomic mass is 16.5. The Morgan fingerprint density at radius 1 is 1.15 bits per heavy atom. The second-order valence-corrected chi connectivity index (χ2v) is 4.45. The maximum atomic E-state index is 5.77. The lowest BCUT2D eigenvalue weighted by Crippen LogP contribution is -2.00. The predicted octanol–water partition coefficient (Wildman–Crippen LogP) is 2.88. The van der Waals surface area contributed by atoms with Gasteiger partial charge in [-0.1, -0.05) is 17.7 Å². The topological polar surface area (TPSA) is 56.8 Å². The van der Waals surface area contributed by atoms with Crippen molar-refractivity contribution in [1.82, 2.24) is 0 Å². The molecule has 2 rings (SSSR count). The van der Waals surface area contributed by atoms with Crippen molar-refractivity contribution in [2.24, 2.45) is 10.9 Å². The van der Waals surface area contributed by atoms with Crippen molar-refractivity contribution in [2.45, 2.75) is 13.5 Å². The fourth-order valence-corrected chi connectivity index (χ4v) is 1.87. The number of methoxy groups -OCH3 is 1. The fraction of sp³-hybridized carbons (Fsp3) is 0.188. The van der Waals surface area contributed by atoms with Crippen LogP contribution in [-0.2, 0) is 6.61 Å². The minimum absolute atomic E-state index is 0.429. The summed E-state index contributed by atoms with van der Waals surface area (Å²) < 4.78 is 11.1. The minimum Gasteiger partial charge on any atom is -0.496 e. The van der Waals surface area contributed by atoms with E-state index >= 15 is 0 Å². The molecule has 0 heterocycles. The molecule has 0 aliphatic heterocycles. The zero-order valence-electron chi connectivity index (χ0n) is 11.7. The van der Waals surface area contributed by atoms with Crippen LogP contribution in [0.3, 0.4) is 0 Å². The Kier molecular flexibility index (Phi) is 4.60. The van der Waals surface area contributed by atoms with E-state index in [1.807, 2.05) is 49.4 Å². The lowest BCUT2D eigenvalue weighted by molar-refractivity contribution is 0.296. The molecule has 0 fully saturated rings. The lowest BCUT2D eigenvalue weighted by Gasteiger charge is -2.11. The van der Waals surface area contributed by atoms with Crippen molar-refractivity contribution in [3.63, 3.8) is 0 Å². The number of hydrazone groups is 1. The molecule has 0 aliphatic rings. The number of hydrogen-bond acceptors (Lipinski definition) is 4. The molecule has 0 amide bonds. The van der Waals surface area contributed by atoms with Gasteiger partial charge in [-0.2, -0.15) is 5.10 Å². The van der Waals surface area contributed by atoms with Gasteiger partial charge in [-0.05, 0) is 42.8 Å². The standard InChI is InChI=1S/C16H18N2O2/c1-12-3-6-15(7-4-12)20-11-14-9-13(10-18-17)5-8-16(14)19-2/h3-10H,11,17H2,1-2H3. The van der Waals surface area contributed by atoms with Crippen LogP contribution in [-0.4, -0.2) is 13.3 Å². The molecule has 0 atom stereocenters. The first kappa shape index (κ1) is 13.9. The molecule has 0 saturated carbocycles. The first-order chi connectivity index (χ1) is 9.72. The Balaban J connectivity index is 2.14. The number of nitrogens with two attached hydrogens (primary N) is 1. The highest BCUT2D eigenvalue weighted by molar-refractivity contribution is 5.80. The molecule has 0 spiro atoms. The van der Waals surface area contributed by atoms with E-state index in [1.165, 1.54) is 5.56 Å². The number of hydrogen-bond donors (Lipinski definition) is 1. The van der Waals surface area contributed by atoms with E-state index in [9.17, 15) is 0 Å². The van der Waals surface area contributed by atoms with Gasteiger partial charge in [-0.15, -0.1) is 0 Å². The zero-order chi connectivity index (χ0) is 14.4. The van der Waals surface area contributed by atoms with Crippen molar-refractivity contribution in [3.8, 4) is 11.5 Å². The third-order valence-electron chi connectivity index (χ3n) is 2.94. The summed E-state index contributed by atoms with van der Waals surface area (Å²) in [6.07, 6.45) is 1.59. The molecular formula is C16H18N2O2. The van der Waals surface area contributed by atoms with Crippen LogP contribution >= 0.6 is 0 Å². The SMILES string of the molecule is COc1ccc(C=NN)cc1COc1ccc(C)cc1. The van der Waals surface area contributed by atoms with Crippen molar-refractivity contribution in [1.29, 1.82) is 0 Å². The molecule has 2 N–H and O–H groups in total. The fourth-order valence-electron chi connectivity index (χ4n) is 1.87. The third-order valence-corrected chi connectivity index (χ3v) is 2.94. The summed E-state index contributed by atoms with van der Waals surface area (Å²) in [6.45, 7) is 2.47. The van der Waals surface area contributed by atoms with Gasteiger partial charge in [0.1, 0.15) is 18.1 Å². The van der Waals surface area contributed by atoms with Crippen LogP contribution in [0.2, 0.25) is 0 Å². The smallest absolute Gasteiger partial charge is 0.125 e. The van der Waals surface area contributed by atoms with Crippen LogP contribution in [0.4, 0.5) is 0 Å². The van der Waals surface area contributed by atoms with Crippen LogP contribution in [0.1, 0.15) is 16.7 Å². The highest BCUT2D eigenvalue weighted by Crippen LogP contribution is 2.22. The van der Waals surface area contributed by atoms with Gasteiger partial charge in [-0.25, -0.2) is 0 Å². The van der Waals surface area contributed by atoms with Gasteiger partial charge >= 0.3 is 0 Å². The van der Waals surface area contributed by atoms with Crippen molar-refractivity contribution >= 4 is 6.21 Å². The molecule has 0 radical (unpaired) electrons. The Morgan fingerprint density at radius 3 is 2.55 bits per heavy atom. The van der Waals surface area contributed by atoms with Gasteiger partial charge < -0.3 is 15.3 Å². The van der Waals surface area contributed by atoms with Crippen LogP contribution in [0, 0.1) is 6.92 Å². The third kappa shape index (κ3) is 3.51. The van der Waals surface area contributed by atoms with E-state index in [0.29, 0.717) is 6.61 Å². The predicted molar refractivity (Wildman–Crippen MR) is 80.3 cm³/mol. The van der Waals surface area contributed by atoms with Gasteiger partial charge in [0.2, 0.25) is 0 Å².